The second-order valence-electron chi connectivity index (χ2n) is 1.75. The van der Waals surface area contributed by atoms with E-state index in [4.69, 9.17) is 13.7 Å². The monoisotopic (exact) mass is 122 g/mol. The van der Waals surface area contributed by atoms with Gasteiger partial charge in [-0.15, -0.1) is 0 Å². The fraction of sp³-hybridized carbons (Fsp3) is 1.00. The molecule has 0 spiro atoms. The molecule has 0 aromatic heterocycles. The first kappa shape index (κ1) is 1.21. The zero-order chi connectivity index (χ0) is 15.0. The highest BCUT2D eigenvalue weighted by molar-refractivity contribution is 4.66. The molecule has 1 unspecified atom stereocenters. The smallest absolute Gasteiger partial charge is 0.0300 e. The minimum atomic E-state index is -3.15. The molecule has 8 heavy (non-hydrogen) atoms. The molecule has 0 aromatic rings. The molecule has 1 fully saturated rings. The summed E-state index contributed by atoms with van der Waals surface area (Å²) in [6.45, 7) is 1.74. The van der Waals surface area contributed by atoms with Gasteiger partial charge in [0.25, 0.3) is 0 Å². The van der Waals surface area contributed by atoms with Crippen LogP contribution in [0.2, 0.25) is 0 Å². The summed E-state index contributed by atoms with van der Waals surface area (Å²) in [5.41, 5.74) is 0. The van der Waals surface area contributed by atoms with Gasteiger partial charge in [0, 0.05) is 13.7 Å². The first-order chi connectivity index (χ1) is 7.50. The first-order valence-corrected chi connectivity index (χ1v) is 2.50. The fourth-order valence-corrected chi connectivity index (χ4v) is 0.562. The Hall–Kier alpha value is 0. The van der Waals surface area contributed by atoms with Crippen LogP contribution in [-0.2, 0) is 0 Å². The molecule has 1 aliphatic carbocycles. The van der Waals surface area contributed by atoms with Crippen molar-refractivity contribution in [3.05, 3.63) is 0 Å². The minimum absolute atomic E-state index is 0.868. The Balaban J connectivity index is 3.72. The molecular weight excluding hydrogens is 96.1 g/mol. The molecule has 0 saturated heterocycles. The molecule has 2 atom stereocenters. The van der Waals surface area contributed by atoms with Gasteiger partial charge in [-0.2, -0.15) is 0 Å². The molecule has 0 aliphatic heterocycles. The molecule has 0 heteroatoms. The topological polar surface area (TPSA) is 0 Å². The summed E-state index contributed by atoms with van der Waals surface area (Å²) in [7, 11) is 0. The van der Waals surface area contributed by atoms with Crippen molar-refractivity contribution in [1.29, 1.82) is 0 Å². The lowest BCUT2D eigenvalue weighted by Gasteiger charge is -2.22. The van der Waals surface area contributed by atoms with E-state index in [1.165, 1.54) is 0 Å². The van der Waals surface area contributed by atoms with Gasteiger partial charge in [0.2, 0.25) is 0 Å². The Morgan fingerprint density at radius 2 is 1.88 bits per heavy atom. The molecule has 1 saturated carbocycles. The zero-order valence-electron chi connectivity index (χ0n) is 15.0. The fourth-order valence-electron chi connectivity index (χ4n) is 0.562. The molecule has 0 amide bonds. The van der Waals surface area contributed by atoms with E-state index in [0.29, 0.717) is 0 Å². The highest BCUT2D eigenvalue weighted by Crippen LogP contribution is 2.27. The SMILES string of the molecule is [2H]C1([2H])C([2H])([2H])C([2H])([2H])[C@@]([2H])(C)C([2H])([2H])C1([2H])C. The van der Waals surface area contributed by atoms with Crippen molar-refractivity contribution in [2.75, 3.05) is 0 Å². The standard InChI is InChI=1S/C8H16/c1-7-4-3-5-8(2)6-7/h7-8H,3-6H2,1-2H3/t7-,8?/m1/s1/i3D2,4D2,5D2,6D2,7D,8D. The maximum atomic E-state index is 7.84. The Morgan fingerprint density at radius 1 is 1.38 bits per heavy atom. The van der Waals surface area contributed by atoms with Crippen LogP contribution in [0.4, 0.5) is 0 Å². The largest absolute Gasteiger partial charge is 0.0625 e. The molecule has 0 heterocycles. The minimum Gasteiger partial charge on any atom is -0.0625 e. The van der Waals surface area contributed by atoms with Crippen LogP contribution in [0, 0.1) is 11.8 Å². The average Bonchev–Trinajstić information content (AvgIpc) is 2.14. The first-order valence-electron chi connectivity index (χ1n) is 7.50. The van der Waals surface area contributed by atoms with Crippen LogP contribution < -0.4 is 0 Å². The van der Waals surface area contributed by atoms with Crippen molar-refractivity contribution in [3.8, 4) is 0 Å². The molecule has 0 aromatic carbocycles. The third-order valence-electron chi connectivity index (χ3n) is 0.875. The predicted octanol–water partition coefficient (Wildman–Crippen LogP) is 2.83. The lowest BCUT2D eigenvalue weighted by molar-refractivity contribution is 0.301. The van der Waals surface area contributed by atoms with Crippen LogP contribution in [0.1, 0.15) is 53.0 Å². The van der Waals surface area contributed by atoms with Gasteiger partial charge in [-0.3, -0.25) is 0 Å². The van der Waals surface area contributed by atoms with Gasteiger partial charge in [0.05, 0.1) is 0 Å². The third-order valence-corrected chi connectivity index (χ3v) is 0.875. The van der Waals surface area contributed by atoms with E-state index in [0.717, 1.165) is 13.8 Å². The summed E-state index contributed by atoms with van der Waals surface area (Å²) >= 11 is 0. The van der Waals surface area contributed by atoms with Crippen LogP contribution in [0.3, 0.4) is 0 Å². The molecule has 0 nitrogen and oxygen atoms in total. The van der Waals surface area contributed by atoms with E-state index in [-0.39, 0.29) is 0 Å². The third kappa shape index (κ3) is 1.50. The summed E-state index contributed by atoms with van der Waals surface area (Å²) in [5.74, 6) is -5.18. The van der Waals surface area contributed by atoms with Crippen LogP contribution >= 0.6 is 0 Å². The quantitative estimate of drug-likeness (QED) is 0.463. The molecular formula is C8H16. The highest BCUT2D eigenvalue weighted by atomic mass is 14.2. The Labute approximate surface area is 66.3 Å². The summed E-state index contributed by atoms with van der Waals surface area (Å²) in [6.07, 6.45) is -12.2. The van der Waals surface area contributed by atoms with E-state index >= 15 is 0 Å². The second-order valence-corrected chi connectivity index (χ2v) is 1.75. The molecule has 1 aliphatic rings. The summed E-state index contributed by atoms with van der Waals surface area (Å²) < 4.78 is 77.1. The molecule has 0 radical (unpaired) electrons. The molecule has 1 rings (SSSR count). The van der Waals surface area contributed by atoms with Gasteiger partial charge in [0.1, 0.15) is 0 Å². The van der Waals surface area contributed by atoms with Crippen LogP contribution in [-0.4, -0.2) is 0 Å². The van der Waals surface area contributed by atoms with Gasteiger partial charge in [-0.05, 0) is 18.2 Å². The number of hydrogen-bond donors (Lipinski definition) is 0. The van der Waals surface area contributed by atoms with E-state index in [9.17, 15) is 0 Å². The van der Waals surface area contributed by atoms with Crippen molar-refractivity contribution < 1.29 is 13.7 Å². The van der Waals surface area contributed by atoms with Gasteiger partial charge in [-0.25, -0.2) is 0 Å². The molecule has 0 N–H and O–H groups in total. The van der Waals surface area contributed by atoms with Crippen molar-refractivity contribution in [2.45, 2.75) is 39.3 Å². The lowest BCUT2D eigenvalue weighted by atomic mass is 9.84. The van der Waals surface area contributed by atoms with Gasteiger partial charge >= 0.3 is 0 Å². The Bertz CT molecular complexity index is 249. The Kier molecular flexibility index (Phi) is 0.381. The highest BCUT2D eigenvalue weighted by Gasteiger charge is 2.13. The van der Waals surface area contributed by atoms with E-state index in [1.54, 1.807) is 0 Å². The zero-order valence-corrected chi connectivity index (χ0v) is 5.00. The number of hydrogen-bond acceptors (Lipinski definition) is 0. The van der Waals surface area contributed by atoms with Crippen molar-refractivity contribution in [3.63, 3.8) is 0 Å². The normalized spacial score (nSPS) is 102. The van der Waals surface area contributed by atoms with E-state index < -0.39 is 37.3 Å². The summed E-state index contributed by atoms with van der Waals surface area (Å²) in [6, 6.07) is 0. The lowest BCUT2D eigenvalue weighted by Crippen LogP contribution is -2.09. The van der Waals surface area contributed by atoms with Crippen molar-refractivity contribution in [1.82, 2.24) is 0 Å². The predicted molar refractivity (Wildman–Crippen MR) is 36.8 cm³/mol. The maximum Gasteiger partial charge on any atom is 0.0300 e. The van der Waals surface area contributed by atoms with Crippen LogP contribution in [0.25, 0.3) is 0 Å². The van der Waals surface area contributed by atoms with Gasteiger partial charge < -0.3 is 0 Å². The second kappa shape index (κ2) is 2.52. The van der Waals surface area contributed by atoms with Crippen LogP contribution in [0.5, 0.6) is 0 Å². The Morgan fingerprint density at radius 3 is 2.38 bits per heavy atom. The summed E-state index contributed by atoms with van der Waals surface area (Å²) in [4.78, 5) is 0. The van der Waals surface area contributed by atoms with Crippen LogP contribution in [0.15, 0.2) is 0 Å². The van der Waals surface area contributed by atoms with Gasteiger partial charge in [-0.1, -0.05) is 33.0 Å². The van der Waals surface area contributed by atoms with Gasteiger partial charge in [0.15, 0.2) is 0 Å². The van der Waals surface area contributed by atoms with E-state index in [1.807, 2.05) is 0 Å². The number of rotatable bonds is 0. The molecule has 48 valence electrons. The maximum absolute atomic E-state index is 7.84. The van der Waals surface area contributed by atoms with Crippen molar-refractivity contribution in [2.24, 2.45) is 11.8 Å². The molecule has 0 bridgehead atoms. The average molecular weight is 122 g/mol. The van der Waals surface area contributed by atoms with Crippen molar-refractivity contribution >= 4 is 0 Å². The van der Waals surface area contributed by atoms with E-state index in [2.05, 4.69) is 0 Å². The summed E-state index contributed by atoms with van der Waals surface area (Å²) in [5, 5.41) is 0.